The van der Waals surface area contributed by atoms with Crippen molar-refractivity contribution in [3.63, 3.8) is 0 Å². The van der Waals surface area contributed by atoms with Crippen LogP contribution in [0.3, 0.4) is 0 Å². The number of nitrogens with one attached hydrogen (secondary N) is 1. The molecule has 0 aliphatic carbocycles. The van der Waals surface area contributed by atoms with Gasteiger partial charge < -0.3 is 15.0 Å². The highest BCUT2D eigenvalue weighted by molar-refractivity contribution is 5.68. The number of hydrogen-bond acceptors (Lipinski definition) is 3. The van der Waals surface area contributed by atoms with Gasteiger partial charge in [-0.15, -0.1) is 0 Å². The van der Waals surface area contributed by atoms with Crippen LogP contribution in [0.4, 0.5) is 5.69 Å². The number of benzene rings is 1. The van der Waals surface area contributed by atoms with Crippen LogP contribution in [0, 0.1) is 20.8 Å². The molecule has 0 aliphatic heterocycles. The lowest BCUT2D eigenvalue weighted by Crippen LogP contribution is -2.48. The molecule has 0 fully saturated rings. The molecule has 0 atom stereocenters. The minimum absolute atomic E-state index is 0.0223. The van der Waals surface area contributed by atoms with E-state index in [1.54, 1.807) is 7.11 Å². The monoisotopic (exact) mass is 264 g/mol. The highest BCUT2D eigenvalue weighted by Crippen LogP contribution is 2.39. The number of anilines is 1. The van der Waals surface area contributed by atoms with Crippen molar-refractivity contribution in [2.45, 2.75) is 40.2 Å². The van der Waals surface area contributed by atoms with E-state index in [4.69, 9.17) is 4.74 Å². The predicted octanol–water partition coefficient (Wildman–Crippen LogP) is 3.05. The molecule has 0 amide bonds. The molecule has 0 aromatic heterocycles. The second kappa shape index (κ2) is 5.83. The number of nitrogens with zero attached hydrogens (tertiary/aromatic N) is 1. The molecule has 0 bridgehead atoms. The lowest BCUT2D eigenvalue weighted by Gasteiger charge is -2.39. The third-order valence-corrected chi connectivity index (χ3v) is 4.01. The van der Waals surface area contributed by atoms with Gasteiger partial charge in [0.15, 0.2) is 0 Å². The molecular weight excluding hydrogens is 236 g/mol. The van der Waals surface area contributed by atoms with E-state index in [1.165, 1.54) is 22.4 Å². The summed E-state index contributed by atoms with van der Waals surface area (Å²) in [6.45, 7) is 11.8. The first kappa shape index (κ1) is 15.8. The van der Waals surface area contributed by atoms with E-state index in [0.29, 0.717) is 0 Å². The topological polar surface area (TPSA) is 24.5 Å². The van der Waals surface area contributed by atoms with Crippen LogP contribution in [0.25, 0.3) is 0 Å². The number of hydrogen-bond donors (Lipinski definition) is 1. The molecule has 1 aromatic rings. The summed E-state index contributed by atoms with van der Waals surface area (Å²) in [6, 6.07) is 2.24. The Morgan fingerprint density at radius 2 is 1.79 bits per heavy atom. The van der Waals surface area contributed by atoms with Crippen LogP contribution in [0.1, 0.15) is 30.5 Å². The first-order valence-corrected chi connectivity index (χ1v) is 6.79. The smallest absolute Gasteiger partial charge is 0.145 e. The lowest BCUT2D eigenvalue weighted by atomic mass is 9.97. The third kappa shape index (κ3) is 3.03. The average molecular weight is 264 g/mol. The molecule has 0 unspecified atom stereocenters. The Kier molecular flexibility index (Phi) is 4.86. The van der Waals surface area contributed by atoms with Gasteiger partial charge in [-0.3, -0.25) is 0 Å². The van der Waals surface area contributed by atoms with Crippen LogP contribution >= 0.6 is 0 Å². The Bertz CT molecular complexity index is 453. The summed E-state index contributed by atoms with van der Waals surface area (Å²) in [5.41, 5.74) is 4.96. The molecule has 0 spiro atoms. The van der Waals surface area contributed by atoms with Crippen LogP contribution in [0.2, 0.25) is 0 Å². The molecule has 0 aliphatic rings. The maximum Gasteiger partial charge on any atom is 0.145 e. The van der Waals surface area contributed by atoms with Gasteiger partial charge >= 0.3 is 0 Å². The standard InChI is InChI=1S/C16H28N2O/c1-11-9-12(2)14(15(19-8)13(11)3)18(7)16(4,5)10-17-6/h9,17H,10H2,1-8H3. The predicted molar refractivity (Wildman–Crippen MR) is 83.6 cm³/mol. The molecule has 0 saturated carbocycles. The Balaban J connectivity index is 3.38. The van der Waals surface area contributed by atoms with E-state index < -0.39 is 0 Å². The highest BCUT2D eigenvalue weighted by Gasteiger charge is 2.27. The van der Waals surface area contributed by atoms with E-state index in [1.807, 2.05) is 7.05 Å². The van der Waals surface area contributed by atoms with Gasteiger partial charge in [-0.25, -0.2) is 0 Å². The molecule has 19 heavy (non-hydrogen) atoms. The summed E-state index contributed by atoms with van der Waals surface area (Å²) < 4.78 is 5.67. The average Bonchev–Trinajstić information content (AvgIpc) is 2.32. The van der Waals surface area contributed by atoms with Crippen LogP contribution in [-0.4, -0.2) is 33.3 Å². The molecule has 108 valence electrons. The van der Waals surface area contributed by atoms with Gasteiger partial charge in [0.2, 0.25) is 0 Å². The van der Waals surface area contributed by atoms with Crippen molar-refractivity contribution in [3.05, 3.63) is 22.8 Å². The fourth-order valence-electron chi connectivity index (χ4n) is 2.56. The number of rotatable bonds is 5. The maximum absolute atomic E-state index is 5.67. The SMILES string of the molecule is CNCC(C)(C)N(C)c1c(C)cc(C)c(C)c1OC. The molecule has 3 nitrogen and oxygen atoms in total. The largest absolute Gasteiger partial charge is 0.494 e. The van der Waals surface area contributed by atoms with Crippen molar-refractivity contribution in [2.24, 2.45) is 0 Å². The van der Waals surface area contributed by atoms with Gasteiger partial charge in [0, 0.05) is 19.1 Å². The van der Waals surface area contributed by atoms with Crippen molar-refractivity contribution >= 4 is 5.69 Å². The fraction of sp³-hybridized carbons (Fsp3) is 0.625. The maximum atomic E-state index is 5.67. The van der Waals surface area contributed by atoms with Crippen LogP contribution in [0.5, 0.6) is 5.75 Å². The van der Waals surface area contributed by atoms with Gasteiger partial charge in [0.25, 0.3) is 0 Å². The van der Waals surface area contributed by atoms with E-state index in [9.17, 15) is 0 Å². The van der Waals surface area contributed by atoms with E-state index in [-0.39, 0.29) is 5.54 Å². The second-order valence-corrected chi connectivity index (χ2v) is 5.92. The van der Waals surface area contributed by atoms with Crippen molar-refractivity contribution in [3.8, 4) is 5.75 Å². The fourth-order valence-corrected chi connectivity index (χ4v) is 2.56. The summed E-state index contributed by atoms with van der Waals surface area (Å²) in [5.74, 6) is 0.990. The quantitative estimate of drug-likeness (QED) is 0.884. The van der Waals surface area contributed by atoms with Gasteiger partial charge in [0.05, 0.1) is 12.8 Å². The Labute approximate surface area is 118 Å². The van der Waals surface area contributed by atoms with E-state index in [2.05, 4.69) is 57.9 Å². The second-order valence-electron chi connectivity index (χ2n) is 5.92. The Morgan fingerprint density at radius 3 is 2.26 bits per heavy atom. The summed E-state index contributed by atoms with van der Waals surface area (Å²) >= 11 is 0. The first-order chi connectivity index (χ1) is 8.76. The van der Waals surface area contributed by atoms with Crippen molar-refractivity contribution < 1.29 is 4.74 Å². The Hall–Kier alpha value is -1.22. The molecule has 1 aromatic carbocycles. The third-order valence-electron chi connectivity index (χ3n) is 4.01. The number of methoxy groups -OCH3 is 1. The minimum atomic E-state index is 0.0223. The number of likely N-dealkylation sites (N-methyl/N-ethyl adjacent to an activating group) is 2. The van der Waals surface area contributed by atoms with Gasteiger partial charge in [-0.2, -0.15) is 0 Å². The van der Waals surface area contributed by atoms with Crippen LogP contribution in [-0.2, 0) is 0 Å². The van der Waals surface area contributed by atoms with Gasteiger partial charge in [0.1, 0.15) is 5.75 Å². The van der Waals surface area contributed by atoms with Gasteiger partial charge in [-0.1, -0.05) is 6.07 Å². The van der Waals surface area contributed by atoms with Crippen molar-refractivity contribution in [2.75, 3.05) is 32.6 Å². The number of aryl methyl sites for hydroxylation is 2. The summed E-state index contributed by atoms with van der Waals surface area (Å²) in [4.78, 5) is 2.31. The van der Waals surface area contributed by atoms with E-state index >= 15 is 0 Å². The molecule has 0 heterocycles. The van der Waals surface area contributed by atoms with E-state index in [0.717, 1.165) is 12.3 Å². The first-order valence-electron chi connectivity index (χ1n) is 6.79. The Morgan fingerprint density at radius 1 is 1.21 bits per heavy atom. The normalized spacial score (nSPS) is 11.6. The zero-order valence-electron chi connectivity index (χ0n) is 13.6. The zero-order chi connectivity index (χ0) is 14.8. The lowest BCUT2D eigenvalue weighted by molar-refractivity contribution is 0.401. The zero-order valence-corrected chi connectivity index (χ0v) is 13.6. The summed E-state index contributed by atoms with van der Waals surface area (Å²) in [5, 5.41) is 3.26. The molecule has 0 radical (unpaired) electrons. The highest BCUT2D eigenvalue weighted by atomic mass is 16.5. The van der Waals surface area contributed by atoms with Crippen molar-refractivity contribution in [1.82, 2.24) is 5.32 Å². The summed E-state index contributed by atoms with van der Waals surface area (Å²) in [7, 11) is 5.88. The minimum Gasteiger partial charge on any atom is -0.494 e. The van der Waals surface area contributed by atoms with Crippen LogP contribution < -0.4 is 15.0 Å². The molecule has 0 saturated heterocycles. The van der Waals surface area contributed by atoms with Crippen LogP contribution in [0.15, 0.2) is 6.07 Å². The summed E-state index contributed by atoms with van der Waals surface area (Å²) in [6.07, 6.45) is 0. The molecule has 3 heteroatoms. The van der Waals surface area contributed by atoms with Crippen molar-refractivity contribution in [1.29, 1.82) is 0 Å². The molecular formula is C16H28N2O. The van der Waals surface area contributed by atoms with Gasteiger partial charge in [-0.05, 0) is 58.4 Å². The number of ether oxygens (including phenoxy) is 1. The molecule has 1 rings (SSSR count). The molecule has 1 N–H and O–H groups in total.